The molecule has 2 rings (SSSR count). The van der Waals surface area contributed by atoms with E-state index in [0.717, 1.165) is 25.9 Å². The van der Waals surface area contributed by atoms with E-state index in [-0.39, 0.29) is 5.95 Å². The molecule has 0 amide bonds. The monoisotopic (exact) mass is 272 g/mol. The quantitative estimate of drug-likeness (QED) is 0.869. The van der Waals surface area contributed by atoms with Crippen LogP contribution in [0.15, 0.2) is 0 Å². The van der Waals surface area contributed by atoms with E-state index in [4.69, 9.17) is 0 Å². The summed E-state index contributed by atoms with van der Waals surface area (Å²) in [6, 6.07) is 0. The van der Waals surface area contributed by atoms with Crippen LogP contribution >= 0.6 is 0 Å². The molecule has 6 nitrogen and oxygen atoms in total. The van der Waals surface area contributed by atoms with Gasteiger partial charge in [0.2, 0.25) is 17.8 Å². The third-order valence-corrected chi connectivity index (χ3v) is 2.98. The van der Waals surface area contributed by atoms with Crippen molar-refractivity contribution >= 4 is 17.8 Å². The first-order valence-electron chi connectivity index (χ1n) is 6.28. The van der Waals surface area contributed by atoms with E-state index in [9.17, 15) is 8.78 Å². The second-order valence-electron chi connectivity index (χ2n) is 4.47. The van der Waals surface area contributed by atoms with Crippen LogP contribution in [0.3, 0.4) is 0 Å². The maximum Gasteiger partial charge on any atom is 0.255 e. The second-order valence-corrected chi connectivity index (χ2v) is 4.47. The summed E-state index contributed by atoms with van der Waals surface area (Å²) in [6.45, 7) is 1.39. The summed E-state index contributed by atoms with van der Waals surface area (Å²) in [7, 11) is 3.24. The number of hydrogen-bond acceptors (Lipinski definition) is 6. The van der Waals surface area contributed by atoms with Gasteiger partial charge in [0.1, 0.15) is 0 Å². The minimum Gasteiger partial charge on any atom is -0.357 e. The number of alkyl halides is 2. The van der Waals surface area contributed by atoms with Gasteiger partial charge in [-0.2, -0.15) is 15.0 Å². The molecule has 1 fully saturated rings. The Labute approximate surface area is 110 Å². The van der Waals surface area contributed by atoms with Crippen molar-refractivity contribution in [3.05, 3.63) is 0 Å². The first kappa shape index (κ1) is 13.7. The van der Waals surface area contributed by atoms with Crippen molar-refractivity contribution in [1.29, 1.82) is 0 Å². The molecule has 1 N–H and O–H groups in total. The first-order valence-corrected chi connectivity index (χ1v) is 6.28. The minimum absolute atomic E-state index is 0.265. The van der Waals surface area contributed by atoms with Gasteiger partial charge in [-0.3, -0.25) is 0 Å². The lowest BCUT2D eigenvalue weighted by Gasteiger charge is -2.20. The van der Waals surface area contributed by atoms with Gasteiger partial charge in [-0.1, -0.05) is 0 Å². The third-order valence-electron chi connectivity index (χ3n) is 2.98. The number of halogens is 2. The predicted molar refractivity (Wildman–Crippen MR) is 70.1 cm³/mol. The number of anilines is 3. The molecule has 8 heteroatoms. The van der Waals surface area contributed by atoms with Crippen LogP contribution in [0.1, 0.15) is 12.8 Å². The Kier molecular flexibility index (Phi) is 4.28. The van der Waals surface area contributed by atoms with Crippen molar-refractivity contribution in [2.45, 2.75) is 19.3 Å². The van der Waals surface area contributed by atoms with Gasteiger partial charge < -0.3 is 15.1 Å². The van der Waals surface area contributed by atoms with E-state index in [1.54, 1.807) is 14.1 Å². The Morgan fingerprint density at radius 1 is 1.26 bits per heavy atom. The molecule has 0 atom stereocenters. The zero-order valence-electron chi connectivity index (χ0n) is 11.1. The fraction of sp³-hybridized carbons (Fsp3) is 0.727. The predicted octanol–water partition coefficient (Wildman–Crippen LogP) is 1.21. The van der Waals surface area contributed by atoms with Gasteiger partial charge in [-0.15, -0.1) is 0 Å². The molecule has 1 aliphatic heterocycles. The van der Waals surface area contributed by atoms with Crippen LogP contribution in [0.2, 0.25) is 0 Å². The average Bonchev–Trinajstić information content (AvgIpc) is 2.91. The highest BCUT2D eigenvalue weighted by Crippen LogP contribution is 2.20. The van der Waals surface area contributed by atoms with E-state index >= 15 is 0 Å². The first-order chi connectivity index (χ1) is 9.10. The molecule has 1 saturated heterocycles. The lowest BCUT2D eigenvalue weighted by atomic mass is 10.4. The zero-order chi connectivity index (χ0) is 13.8. The van der Waals surface area contributed by atoms with E-state index in [2.05, 4.69) is 20.3 Å². The van der Waals surface area contributed by atoms with Crippen molar-refractivity contribution in [2.75, 3.05) is 48.8 Å². The molecule has 0 unspecified atom stereocenters. The Morgan fingerprint density at radius 3 is 2.53 bits per heavy atom. The van der Waals surface area contributed by atoms with Crippen LogP contribution in [0.5, 0.6) is 0 Å². The Morgan fingerprint density at radius 2 is 1.95 bits per heavy atom. The maximum absolute atomic E-state index is 12.4. The molecule has 1 aromatic heterocycles. The summed E-state index contributed by atoms with van der Waals surface area (Å²) in [6.07, 6.45) is -0.221. The molecule has 0 aliphatic carbocycles. The molecule has 1 aliphatic rings. The summed E-state index contributed by atoms with van der Waals surface area (Å²) < 4.78 is 24.8. The fourth-order valence-electron chi connectivity index (χ4n) is 1.98. The number of aromatic nitrogens is 3. The van der Waals surface area contributed by atoms with Crippen LogP contribution in [0.25, 0.3) is 0 Å². The normalized spacial score (nSPS) is 15.1. The molecule has 0 spiro atoms. The van der Waals surface area contributed by atoms with Crippen molar-refractivity contribution < 1.29 is 8.78 Å². The van der Waals surface area contributed by atoms with Crippen LogP contribution in [-0.2, 0) is 0 Å². The number of hydrogen-bond donors (Lipinski definition) is 1. The van der Waals surface area contributed by atoms with Crippen molar-refractivity contribution in [1.82, 2.24) is 15.0 Å². The molecule has 0 aromatic carbocycles. The second kappa shape index (κ2) is 5.94. The summed E-state index contributed by atoms with van der Waals surface area (Å²) in [5.41, 5.74) is 0. The molecular formula is C11H18F2N6. The maximum atomic E-state index is 12.4. The van der Waals surface area contributed by atoms with Gasteiger partial charge in [0.25, 0.3) is 6.43 Å². The molecule has 19 heavy (non-hydrogen) atoms. The number of nitrogens with one attached hydrogen (secondary N) is 1. The van der Waals surface area contributed by atoms with Gasteiger partial charge in [-0.05, 0) is 12.8 Å². The zero-order valence-corrected chi connectivity index (χ0v) is 11.1. The van der Waals surface area contributed by atoms with Gasteiger partial charge in [-0.25, -0.2) is 8.78 Å². The standard InChI is InChI=1S/C11H18F2N6/c1-14-9-15-10(18(2)7-8(12)13)17-11(16-9)19-5-3-4-6-19/h8H,3-7H2,1-2H3,(H,14,15,16,17). The lowest BCUT2D eigenvalue weighted by Crippen LogP contribution is -2.28. The summed E-state index contributed by atoms with van der Waals surface area (Å²) in [4.78, 5) is 16.0. The molecule has 0 radical (unpaired) electrons. The molecule has 0 saturated carbocycles. The number of rotatable bonds is 5. The molecule has 106 valence electrons. The van der Waals surface area contributed by atoms with Gasteiger partial charge in [0.05, 0.1) is 6.54 Å². The van der Waals surface area contributed by atoms with Gasteiger partial charge in [0, 0.05) is 27.2 Å². The minimum atomic E-state index is -2.42. The highest BCUT2D eigenvalue weighted by Gasteiger charge is 2.19. The Hall–Kier alpha value is -1.73. The molecule has 1 aromatic rings. The molecular weight excluding hydrogens is 254 g/mol. The van der Waals surface area contributed by atoms with E-state index in [0.29, 0.717) is 11.9 Å². The largest absolute Gasteiger partial charge is 0.357 e. The van der Waals surface area contributed by atoms with Crippen LogP contribution in [-0.4, -0.2) is 55.1 Å². The molecule has 0 bridgehead atoms. The van der Waals surface area contributed by atoms with Crippen molar-refractivity contribution in [2.24, 2.45) is 0 Å². The lowest BCUT2D eigenvalue weighted by molar-refractivity contribution is 0.156. The Balaban J connectivity index is 2.24. The smallest absolute Gasteiger partial charge is 0.255 e. The van der Waals surface area contributed by atoms with E-state index in [1.807, 2.05) is 4.90 Å². The van der Waals surface area contributed by atoms with Gasteiger partial charge >= 0.3 is 0 Å². The van der Waals surface area contributed by atoms with E-state index in [1.165, 1.54) is 4.90 Å². The van der Waals surface area contributed by atoms with Crippen LogP contribution < -0.4 is 15.1 Å². The van der Waals surface area contributed by atoms with Crippen molar-refractivity contribution in [3.8, 4) is 0 Å². The number of nitrogens with zero attached hydrogens (tertiary/aromatic N) is 5. The fourth-order valence-corrected chi connectivity index (χ4v) is 1.98. The summed E-state index contributed by atoms with van der Waals surface area (Å²) in [5, 5.41) is 2.84. The average molecular weight is 272 g/mol. The Bertz CT molecular complexity index is 422. The highest BCUT2D eigenvalue weighted by molar-refractivity contribution is 5.45. The SMILES string of the molecule is CNc1nc(N(C)CC(F)F)nc(N2CCCC2)n1. The summed E-state index contributed by atoms with van der Waals surface area (Å²) in [5.74, 6) is 1.21. The van der Waals surface area contributed by atoms with Gasteiger partial charge in [0.15, 0.2) is 0 Å². The van der Waals surface area contributed by atoms with Crippen LogP contribution in [0.4, 0.5) is 26.6 Å². The molecule has 2 heterocycles. The topological polar surface area (TPSA) is 57.2 Å². The third kappa shape index (κ3) is 3.39. The highest BCUT2D eigenvalue weighted by atomic mass is 19.3. The van der Waals surface area contributed by atoms with E-state index < -0.39 is 13.0 Å². The van der Waals surface area contributed by atoms with Crippen molar-refractivity contribution in [3.63, 3.8) is 0 Å². The summed E-state index contributed by atoms with van der Waals surface area (Å²) >= 11 is 0. The van der Waals surface area contributed by atoms with Crippen LogP contribution in [0, 0.1) is 0 Å².